The lowest BCUT2D eigenvalue weighted by Crippen LogP contribution is -2.13. The van der Waals surface area contributed by atoms with Gasteiger partial charge in [-0.05, 0) is 42.4 Å². The summed E-state index contributed by atoms with van der Waals surface area (Å²) in [6.45, 7) is 4.23. The summed E-state index contributed by atoms with van der Waals surface area (Å²) >= 11 is 11.9. The lowest BCUT2D eigenvalue weighted by atomic mass is 10.2. The van der Waals surface area contributed by atoms with Crippen molar-refractivity contribution in [3.8, 4) is 5.75 Å². The van der Waals surface area contributed by atoms with Gasteiger partial charge in [0.15, 0.2) is 0 Å². The highest BCUT2D eigenvalue weighted by Gasteiger charge is 2.05. The molecule has 2 aromatic rings. The Kier molecular flexibility index (Phi) is 5.72. The van der Waals surface area contributed by atoms with E-state index in [1.807, 2.05) is 42.5 Å². The molecule has 0 aliphatic rings. The van der Waals surface area contributed by atoms with E-state index in [-0.39, 0.29) is 0 Å². The molecule has 0 amide bonds. The van der Waals surface area contributed by atoms with E-state index in [9.17, 15) is 0 Å². The topological polar surface area (TPSA) is 21.3 Å². The van der Waals surface area contributed by atoms with E-state index in [4.69, 9.17) is 27.9 Å². The molecule has 0 saturated heterocycles. The fourth-order valence-corrected chi connectivity index (χ4v) is 2.15. The van der Waals surface area contributed by atoms with Crippen LogP contribution in [0.25, 0.3) is 0 Å². The number of nitrogens with one attached hydrogen (secondary N) is 1. The van der Waals surface area contributed by atoms with E-state index in [0.29, 0.717) is 6.61 Å². The predicted molar refractivity (Wildman–Crippen MR) is 84.6 cm³/mol. The second kappa shape index (κ2) is 7.53. The van der Waals surface area contributed by atoms with Gasteiger partial charge in [0, 0.05) is 22.2 Å². The third-order valence-corrected chi connectivity index (χ3v) is 3.38. The molecule has 0 heterocycles. The van der Waals surface area contributed by atoms with Crippen LogP contribution in [0.1, 0.15) is 18.1 Å². The molecule has 4 heteroatoms. The molecule has 0 atom stereocenters. The minimum atomic E-state index is 0.512. The summed E-state index contributed by atoms with van der Waals surface area (Å²) in [7, 11) is 0. The number of hydrogen-bond acceptors (Lipinski definition) is 2. The summed E-state index contributed by atoms with van der Waals surface area (Å²) in [6.07, 6.45) is 0. The summed E-state index contributed by atoms with van der Waals surface area (Å²) in [4.78, 5) is 0. The van der Waals surface area contributed by atoms with Gasteiger partial charge in [0.2, 0.25) is 0 Å². The first kappa shape index (κ1) is 15.2. The summed E-state index contributed by atoms with van der Waals surface area (Å²) in [5, 5.41) is 4.73. The van der Waals surface area contributed by atoms with Gasteiger partial charge in [-0.1, -0.05) is 42.3 Å². The largest absolute Gasteiger partial charge is 0.489 e. The van der Waals surface area contributed by atoms with E-state index < -0.39 is 0 Å². The van der Waals surface area contributed by atoms with Crippen molar-refractivity contribution in [1.29, 1.82) is 0 Å². The minimum absolute atomic E-state index is 0.512. The van der Waals surface area contributed by atoms with Gasteiger partial charge in [-0.3, -0.25) is 0 Å². The minimum Gasteiger partial charge on any atom is -0.489 e. The third-order valence-electron chi connectivity index (χ3n) is 2.90. The van der Waals surface area contributed by atoms with Crippen LogP contribution in [0.5, 0.6) is 5.75 Å². The summed E-state index contributed by atoms with van der Waals surface area (Å²) < 4.78 is 5.87. The van der Waals surface area contributed by atoms with Crippen LogP contribution in [0.4, 0.5) is 0 Å². The maximum absolute atomic E-state index is 6.03. The molecule has 0 bridgehead atoms. The first-order valence-corrected chi connectivity index (χ1v) is 7.31. The molecule has 0 aromatic heterocycles. The van der Waals surface area contributed by atoms with Gasteiger partial charge >= 0.3 is 0 Å². The molecular formula is C16H17Cl2NO. The van der Waals surface area contributed by atoms with Crippen molar-refractivity contribution in [3.63, 3.8) is 0 Å². The monoisotopic (exact) mass is 309 g/mol. The van der Waals surface area contributed by atoms with Gasteiger partial charge in [-0.2, -0.15) is 0 Å². The number of halogens is 2. The van der Waals surface area contributed by atoms with Crippen LogP contribution in [0.15, 0.2) is 42.5 Å². The van der Waals surface area contributed by atoms with Crippen LogP contribution in [-0.2, 0) is 13.2 Å². The second-order valence-corrected chi connectivity index (χ2v) is 5.32. The van der Waals surface area contributed by atoms with Crippen LogP contribution in [-0.4, -0.2) is 6.54 Å². The Morgan fingerprint density at radius 2 is 1.70 bits per heavy atom. The van der Waals surface area contributed by atoms with Gasteiger partial charge < -0.3 is 10.1 Å². The summed E-state index contributed by atoms with van der Waals surface area (Å²) in [5.41, 5.74) is 2.15. The highest BCUT2D eigenvalue weighted by molar-refractivity contribution is 6.30. The summed E-state index contributed by atoms with van der Waals surface area (Å²) in [6, 6.07) is 13.3. The smallest absolute Gasteiger partial charge is 0.124 e. The van der Waals surface area contributed by atoms with Crippen LogP contribution < -0.4 is 10.1 Å². The third kappa shape index (κ3) is 4.41. The molecule has 2 aromatic carbocycles. The van der Waals surface area contributed by atoms with Gasteiger partial charge in [0.25, 0.3) is 0 Å². The van der Waals surface area contributed by atoms with E-state index >= 15 is 0 Å². The van der Waals surface area contributed by atoms with Gasteiger partial charge in [-0.15, -0.1) is 0 Å². The standard InChI is InChI=1S/C16H17Cl2NO/c1-2-19-10-13-9-15(18)7-8-16(13)20-11-12-3-5-14(17)6-4-12/h3-9,19H,2,10-11H2,1H3. The van der Waals surface area contributed by atoms with Crippen LogP contribution >= 0.6 is 23.2 Å². The second-order valence-electron chi connectivity index (χ2n) is 4.45. The molecule has 0 unspecified atom stereocenters. The van der Waals surface area contributed by atoms with Gasteiger partial charge in [0.05, 0.1) is 0 Å². The van der Waals surface area contributed by atoms with Crippen LogP contribution in [0.3, 0.4) is 0 Å². The zero-order valence-corrected chi connectivity index (χ0v) is 12.8. The molecule has 2 rings (SSSR count). The molecule has 0 aliphatic heterocycles. The van der Waals surface area contributed by atoms with E-state index in [0.717, 1.165) is 40.0 Å². The SMILES string of the molecule is CCNCc1cc(Cl)ccc1OCc1ccc(Cl)cc1. The molecule has 106 valence electrons. The van der Waals surface area contributed by atoms with Gasteiger partial charge in [-0.25, -0.2) is 0 Å². The highest BCUT2D eigenvalue weighted by atomic mass is 35.5. The zero-order valence-electron chi connectivity index (χ0n) is 11.3. The molecule has 0 saturated carbocycles. The molecule has 1 N–H and O–H groups in total. The lowest BCUT2D eigenvalue weighted by molar-refractivity contribution is 0.302. The predicted octanol–water partition coefficient (Wildman–Crippen LogP) is 4.68. The Balaban J connectivity index is 2.06. The van der Waals surface area contributed by atoms with Crippen LogP contribution in [0, 0.1) is 0 Å². The number of ether oxygens (including phenoxy) is 1. The van der Waals surface area contributed by atoms with Crippen LogP contribution in [0.2, 0.25) is 10.0 Å². The molecule has 2 nitrogen and oxygen atoms in total. The first-order chi connectivity index (χ1) is 9.69. The Hall–Kier alpha value is -1.22. The van der Waals surface area contributed by atoms with Crippen molar-refractivity contribution in [2.24, 2.45) is 0 Å². The molecule has 0 radical (unpaired) electrons. The van der Waals surface area contributed by atoms with E-state index in [1.165, 1.54) is 0 Å². The molecule has 20 heavy (non-hydrogen) atoms. The van der Waals surface area contributed by atoms with E-state index in [2.05, 4.69) is 12.2 Å². The highest BCUT2D eigenvalue weighted by Crippen LogP contribution is 2.24. The molecule has 0 aliphatic carbocycles. The maximum atomic E-state index is 6.03. The number of benzene rings is 2. The Labute approximate surface area is 129 Å². The van der Waals surface area contributed by atoms with Crippen molar-refractivity contribution < 1.29 is 4.74 Å². The van der Waals surface area contributed by atoms with Crippen molar-refractivity contribution in [2.75, 3.05) is 6.54 Å². The van der Waals surface area contributed by atoms with E-state index in [1.54, 1.807) is 0 Å². The molecule has 0 fully saturated rings. The maximum Gasteiger partial charge on any atom is 0.124 e. The fourth-order valence-electron chi connectivity index (χ4n) is 1.83. The molecular weight excluding hydrogens is 293 g/mol. The fraction of sp³-hybridized carbons (Fsp3) is 0.250. The van der Waals surface area contributed by atoms with Crippen molar-refractivity contribution in [3.05, 3.63) is 63.6 Å². The number of rotatable bonds is 6. The quantitative estimate of drug-likeness (QED) is 0.836. The Bertz CT molecular complexity index is 555. The molecule has 0 spiro atoms. The average molecular weight is 310 g/mol. The normalized spacial score (nSPS) is 10.6. The number of hydrogen-bond donors (Lipinski definition) is 1. The van der Waals surface area contributed by atoms with Gasteiger partial charge in [0.1, 0.15) is 12.4 Å². The van der Waals surface area contributed by atoms with Crippen molar-refractivity contribution >= 4 is 23.2 Å². The summed E-state index contributed by atoms with van der Waals surface area (Å²) in [5.74, 6) is 0.852. The zero-order chi connectivity index (χ0) is 14.4. The van der Waals surface area contributed by atoms with Crippen molar-refractivity contribution in [2.45, 2.75) is 20.1 Å². The Morgan fingerprint density at radius 1 is 1.00 bits per heavy atom. The van der Waals surface area contributed by atoms with Crippen molar-refractivity contribution in [1.82, 2.24) is 5.32 Å². The lowest BCUT2D eigenvalue weighted by Gasteiger charge is -2.12. The Morgan fingerprint density at radius 3 is 2.40 bits per heavy atom. The first-order valence-electron chi connectivity index (χ1n) is 6.55. The average Bonchev–Trinajstić information content (AvgIpc) is 2.46.